The zero-order valence-corrected chi connectivity index (χ0v) is 20.2. The van der Waals surface area contributed by atoms with Crippen LogP contribution in [-0.2, 0) is 19.3 Å². The molecule has 0 unspecified atom stereocenters. The molecule has 188 valence electrons. The second-order valence-corrected chi connectivity index (χ2v) is 11.1. The monoisotopic (exact) mass is 497 g/mol. The van der Waals surface area contributed by atoms with E-state index in [0.717, 1.165) is 4.68 Å². The SMILES string of the molecule is CC(C)(C)OC(=O)N[C@@H]1CC[C@@H](CS(=O)(=O)c2nnnn2-c2ccccc2)O[C@@H]1C[C@@H](O)CO. The van der Waals surface area contributed by atoms with Crippen molar-refractivity contribution in [2.24, 2.45) is 0 Å². The molecule has 1 amide bonds. The number of alkyl carbamates (subject to hydrolysis) is 1. The number of hydrogen-bond donors (Lipinski definition) is 3. The summed E-state index contributed by atoms with van der Waals surface area (Å²) in [6, 6.07) is 8.13. The lowest BCUT2D eigenvalue weighted by atomic mass is 9.95. The van der Waals surface area contributed by atoms with Crippen LogP contribution in [0.5, 0.6) is 0 Å². The molecule has 1 aromatic heterocycles. The van der Waals surface area contributed by atoms with E-state index in [0.29, 0.717) is 18.5 Å². The van der Waals surface area contributed by atoms with Crippen LogP contribution in [0.3, 0.4) is 0 Å². The van der Waals surface area contributed by atoms with Crippen LogP contribution in [0.1, 0.15) is 40.0 Å². The molecule has 1 aliphatic heterocycles. The lowest BCUT2D eigenvalue weighted by Gasteiger charge is -2.37. The molecule has 34 heavy (non-hydrogen) atoms. The number of sulfone groups is 1. The van der Waals surface area contributed by atoms with Gasteiger partial charge in [-0.05, 0) is 56.2 Å². The number of ether oxygens (including phenoxy) is 2. The average Bonchev–Trinajstić information content (AvgIpc) is 3.26. The van der Waals surface area contributed by atoms with E-state index in [4.69, 9.17) is 9.47 Å². The average molecular weight is 498 g/mol. The molecule has 3 N–H and O–H groups in total. The smallest absolute Gasteiger partial charge is 0.407 e. The van der Waals surface area contributed by atoms with Gasteiger partial charge in [-0.3, -0.25) is 0 Å². The van der Waals surface area contributed by atoms with E-state index < -0.39 is 52.5 Å². The largest absolute Gasteiger partial charge is 0.444 e. The number of para-hydroxylation sites is 1. The predicted octanol–water partition coefficient (Wildman–Crippen LogP) is 0.620. The molecule has 3 rings (SSSR count). The Bertz CT molecular complexity index is 1050. The fraction of sp³-hybridized carbons (Fsp3) is 0.619. The first-order valence-corrected chi connectivity index (χ1v) is 12.6. The van der Waals surface area contributed by atoms with Crippen LogP contribution in [0.15, 0.2) is 35.5 Å². The van der Waals surface area contributed by atoms with Crippen molar-refractivity contribution in [2.45, 2.75) is 75.1 Å². The molecule has 12 nitrogen and oxygen atoms in total. The zero-order chi connectivity index (χ0) is 24.9. The number of tetrazole rings is 1. The van der Waals surface area contributed by atoms with Crippen molar-refractivity contribution in [3.63, 3.8) is 0 Å². The van der Waals surface area contributed by atoms with Gasteiger partial charge < -0.3 is 25.0 Å². The number of hydrogen-bond acceptors (Lipinski definition) is 10. The molecular weight excluding hydrogens is 466 g/mol. The molecule has 0 bridgehead atoms. The van der Waals surface area contributed by atoms with Crippen molar-refractivity contribution in [3.8, 4) is 5.69 Å². The van der Waals surface area contributed by atoms with Gasteiger partial charge in [-0.1, -0.05) is 23.3 Å². The minimum absolute atomic E-state index is 0.00919. The number of aromatic nitrogens is 4. The first kappa shape index (κ1) is 26.0. The summed E-state index contributed by atoms with van der Waals surface area (Å²) in [6.07, 6.45) is -2.45. The van der Waals surface area contributed by atoms with Gasteiger partial charge >= 0.3 is 6.09 Å². The van der Waals surface area contributed by atoms with Gasteiger partial charge in [0.25, 0.3) is 5.16 Å². The molecule has 13 heteroatoms. The summed E-state index contributed by atoms with van der Waals surface area (Å²) in [5.41, 5.74) is -0.194. The Morgan fingerprint density at radius 1 is 1.29 bits per heavy atom. The minimum atomic E-state index is -3.94. The maximum absolute atomic E-state index is 13.1. The molecule has 0 saturated carbocycles. The number of amides is 1. The van der Waals surface area contributed by atoms with Gasteiger partial charge in [0, 0.05) is 6.42 Å². The third kappa shape index (κ3) is 6.95. The van der Waals surface area contributed by atoms with E-state index in [2.05, 4.69) is 20.8 Å². The molecule has 0 aliphatic carbocycles. The van der Waals surface area contributed by atoms with E-state index in [9.17, 15) is 23.4 Å². The number of aliphatic hydroxyl groups is 2. The first-order valence-electron chi connectivity index (χ1n) is 11.0. The van der Waals surface area contributed by atoms with Gasteiger partial charge in [-0.15, -0.1) is 0 Å². The first-order chi connectivity index (χ1) is 16.0. The molecular formula is C21H31N5O7S. The summed E-state index contributed by atoms with van der Waals surface area (Å²) in [5.74, 6) is -0.384. The van der Waals surface area contributed by atoms with Crippen LogP contribution in [0.25, 0.3) is 5.69 Å². The molecule has 1 aliphatic rings. The second-order valence-electron chi connectivity index (χ2n) is 9.19. The van der Waals surface area contributed by atoms with Crippen molar-refractivity contribution < 1.29 is 32.9 Å². The van der Waals surface area contributed by atoms with Gasteiger partial charge in [0.2, 0.25) is 9.84 Å². The predicted molar refractivity (Wildman–Crippen MR) is 120 cm³/mol. The summed E-state index contributed by atoms with van der Waals surface area (Å²) in [4.78, 5) is 12.2. The minimum Gasteiger partial charge on any atom is -0.444 e. The number of aliphatic hydroxyl groups excluding tert-OH is 2. The Morgan fingerprint density at radius 3 is 2.65 bits per heavy atom. The molecule has 2 aromatic rings. The lowest BCUT2D eigenvalue weighted by molar-refractivity contribution is -0.0820. The molecule has 2 heterocycles. The Labute approximate surface area is 198 Å². The van der Waals surface area contributed by atoms with Crippen LogP contribution >= 0.6 is 0 Å². The van der Waals surface area contributed by atoms with Crippen LogP contribution in [0.4, 0.5) is 4.79 Å². The standard InChI is InChI=1S/C21H31N5O7S/c1-21(2,3)33-20(29)22-17-10-9-16(32-18(17)11-15(28)12-27)13-34(30,31)19-23-24-25-26(19)14-7-5-4-6-8-14/h4-8,15-18,27-28H,9-13H2,1-3H3,(H,22,29)/t15-,16+,17-,18-/m1/s1. The highest BCUT2D eigenvalue weighted by Crippen LogP contribution is 2.26. The summed E-state index contributed by atoms with van der Waals surface area (Å²) < 4.78 is 38.7. The fourth-order valence-electron chi connectivity index (χ4n) is 3.69. The van der Waals surface area contributed by atoms with Gasteiger partial charge in [0.15, 0.2) is 0 Å². The van der Waals surface area contributed by atoms with Gasteiger partial charge in [-0.2, -0.15) is 4.68 Å². The molecule has 1 fully saturated rings. The van der Waals surface area contributed by atoms with E-state index in [-0.39, 0.29) is 17.3 Å². The quantitative estimate of drug-likeness (QED) is 0.470. The summed E-state index contributed by atoms with van der Waals surface area (Å²) >= 11 is 0. The highest BCUT2D eigenvalue weighted by molar-refractivity contribution is 7.91. The molecule has 1 aromatic carbocycles. The maximum Gasteiger partial charge on any atom is 0.407 e. The van der Waals surface area contributed by atoms with Gasteiger partial charge in [-0.25, -0.2) is 13.2 Å². The Kier molecular flexibility index (Phi) is 8.23. The number of nitrogens with one attached hydrogen (secondary N) is 1. The number of benzene rings is 1. The maximum atomic E-state index is 13.1. The number of rotatable bonds is 8. The van der Waals surface area contributed by atoms with Crippen molar-refractivity contribution in [3.05, 3.63) is 30.3 Å². The molecule has 0 radical (unpaired) electrons. The zero-order valence-electron chi connectivity index (χ0n) is 19.4. The van der Waals surface area contributed by atoms with Crippen molar-refractivity contribution in [1.29, 1.82) is 0 Å². The van der Waals surface area contributed by atoms with Crippen LogP contribution < -0.4 is 5.32 Å². The summed E-state index contributed by atoms with van der Waals surface area (Å²) in [6.45, 7) is 4.72. The third-order valence-corrected chi connectivity index (χ3v) is 6.78. The van der Waals surface area contributed by atoms with E-state index in [1.54, 1.807) is 51.1 Å². The van der Waals surface area contributed by atoms with Gasteiger partial charge in [0.05, 0.1) is 42.4 Å². The molecule has 0 spiro atoms. The number of carbonyl (C=O) groups excluding carboxylic acids is 1. The normalized spacial score (nSPS) is 22.2. The summed E-state index contributed by atoms with van der Waals surface area (Å²) in [5, 5.41) is 32.7. The van der Waals surface area contributed by atoms with Crippen LogP contribution in [0, 0.1) is 0 Å². The third-order valence-electron chi connectivity index (χ3n) is 5.16. The Balaban J connectivity index is 1.73. The molecule has 1 saturated heterocycles. The highest BCUT2D eigenvalue weighted by Gasteiger charge is 2.37. The van der Waals surface area contributed by atoms with Crippen molar-refractivity contribution in [1.82, 2.24) is 25.5 Å². The topological polar surface area (TPSA) is 166 Å². The Hall–Kier alpha value is -2.61. The van der Waals surface area contributed by atoms with Crippen LogP contribution in [0.2, 0.25) is 0 Å². The van der Waals surface area contributed by atoms with E-state index >= 15 is 0 Å². The van der Waals surface area contributed by atoms with Crippen molar-refractivity contribution in [2.75, 3.05) is 12.4 Å². The highest BCUT2D eigenvalue weighted by atomic mass is 32.2. The van der Waals surface area contributed by atoms with E-state index in [1.165, 1.54) is 0 Å². The fourth-order valence-corrected chi connectivity index (χ4v) is 5.14. The number of carbonyl (C=O) groups is 1. The van der Waals surface area contributed by atoms with Crippen molar-refractivity contribution >= 4 is 15.9 Å². The second kappa shape index (κ2) is 10.8. The van der Waals surface area contributed by atoms with Gasteiger partial charge in [0.1, 0.15) is 5.60 Å². The number of nitrogens with zero attached hydrogens (tertiary/aromatic N) is 4. The lowest BCUT2D eigenvalue weighted by Crippen LogP contribution is -2.52. The van der Waals surface area contributed by atoms with Crippen LogP contribution in [-0.4, -0.2) is 87.2 Å². The van der Waals surface area contributed by atoms with E-state index in [1.807, 2.05) is 0 Å². The molecule has 4 atom stereocenters. The summed E-state index contributed by atoms with van der Waals surface area (Å²) in [7, 11) is -3.94. The Morgan fingerprint density at radius 2 is 2.00 bits per heavy atom.